The van der Waals surface area contributed by atoms with Crippen LogP contribution in [0.2, 0.25) is 0 Å². The standard InChI is InChI=1S/C13H15F2NO2/c1-13(14,15)12(17)16-8-9-6-7-18-11-5-3-2-4-10(9)11/h2-5,9H,6-8H2,1H3,(H,16,17). The van der Waals surface area contributed by atoms with Gasteiger partial charge in [-0.05, 0) is 18.1 Å². The van der Waals surface area contributed by atoms with Gasteiger partial charge in [-0.15, -0.1) is 0 Å². The van der Waals surface area contributed by atoms with Crippen LogP contribution in [0.15, 0.2) is 24.3 Å². The van der Waals surface area contributed by atoms with E-state index in [-0.39, 0.29) is 12.5 Å². The Balaban J connectivity index is 2.02. The highest BCUT2D eigenvalue weighted by Gasteiger charge is 2.32. The number of nitrogens with one attached hydrogen (secondary N) is 1. The Morgan fingerprint density at radius 1 is 1.50 bits per heavy atom. The fourth-order valence-corrected chi connectivity index (χ4v) is 2.00. The van der Waals surface area contributed by atoms with Crippen molar-refractivity contribution in [1.29, 1.82) is 0 Å². The van der Waals surface area contributed by atoms with E-state index in [4.69, 9.17) is 4.74 Å². The highest BCUT2D eigenvalue weighted by atomic mass is 19.3. The van der Waals surface area contributed by atoms with Crippen LogP contribution in [0.3, 0.4) is 0 Å². The van der Waals surface area contributed by atoms with Crippen LogP contribution >= 0.6 is 0 Å². The number of rotatable bonds is 3. The van der Waals surface area contributed by atoms with Gasteiger partial charge in [0.15, 0.2) is 0 Å². The number of alkyl halides is 2. The first-order chi connectivity index (χ1) is 8.48. The summed E-state index contributed by atoms with van der Waals surface area (Å²) in [5.74, 6) is -3.76. The lowest BCUT2D eigenvalue weighted by Gasteiger charge is -2.26. The molecule has 0 radical (unpaired) electrons. The zero-order valence-electron chi connectivity index (χ0n) is 10.1. The average molecular weight is 255 g/mol. The smallest absolute Gasteiger partial charge is 0.321 e. The van der Waals surface area contributed by atoms with Crippen LogP contribution in [-0.4, -0.2) is 25.0 Å². The van der Waals surface area contributed by atoms with E-state index in [0.29, 0.717) is 20.0 Å². The van der Waals surface area contributed by atoms with Crippen LogP contribution in [0.5, 0.6) is 5.75 Å². The lowest BCUT2D eigenvalue weighted by molar-refractivity contribution is -0.143. The zero-order chi connectivity index (χ0) is 13.2. The van der Waals surface area contributed by atoms with Crippen LogP contribution in [0.1, 0.15) is 24.8 Å². The molecule has 0 saturated carbocycles. The van der Waals surface area contributed by atoms with Crippen molar-refractivity contribution in [2.45, 2.75) is 25.2 Å². The molecule has 0 fully saturated rings. The first kappa shape index (κ1) is 12.8. The number of hydrogen-bond donors (Lipinski definition) is 1. The molecule has 2 rings (SSSR count). The van der Waals surface area contributed by atoms with Crippen molar-refractivity contribution in [2.75, 3.05) is 13.2 Å². The Hall–Kier alpha value is -1.65. The largest absolute Gasteiger partial charge is 0.493 e. The molecular formula is C13H15F2NO2. The molecule has 0 aliphatic carbocycles. The van der Waals surface area contributed by atoms with E-state index in [2.05, 4.69) is 5.32 Å². The Labute approximate surface area is 104 Å². The predicted octanol–water partition coefficient (Wildman–Crippen LogP) is 2.32. The molecule has 1 N–H and O–H groups in total. The Morgan fingerprint density at radius 2 is 2.22 bits per heavy atom. The van der Waals surface area contributed by atoms with Gasteiger partial charge in [0.05, 0.1) is 6.61 Å². The second-order valence-electron chi connectivity index (χ2n) is 4.47. The summed E-state index contributed by atoms with van der Waals surface area (Å²) in [4.78, 5) is 11.1. The van der Waals surface area contributed by atoms with Crippen LogP contribution in [-0.2, 0) is 4.79 Å². The highest BCUT2D eigenvalue weighted by molar-refractivity contribution is 5.82. The summed E-state index contributed by atoms with van der Waals surface area (Å²) in [5, 5.41) is 2.29. The third-order valence-electron chi connectivity index (χ3n) is 2.99. The predicted molar refractivity (Wildman–Crippen MR) is 62.9 cm³/mol. The van der Waals surface area contributed by atoms with Crippen molar-refractivity contribution < 1.29 is 18.3 Å². The quantitative estimate of drug-likeness (QED) is 0.900. The van der Waals surface area contributed by atoms with Gasteiger partial charge in [-0.2, -0.15) is 8.78 Å². The molecule has 1 amide bonds. The van der Waals surface area contributed by atoms with Gasteiger partial charge in [-0.25, -0.2) is 0 Å². The fourth-order valence-electron chi connectivity index (χ4n) is 2.00. The molecule has 1 aromatic rings. The molecule has 5 heteroatoms. The van der Waals surface area contributed by atoms with Crippen LogP contribution in [0, 0.1) is 0 Å². The minimum Gasteiger partial charge on any atom is -0.493 e. The van der Waals surface area contributed by atoms with E-state index in [1.165, 1.54) is 0 Å². The number of ether oxygens (including phenoxy) is 1. The van der Waals surface area contributed by atoms with E-state index in [9.17, 15) is 13.6 Å². The van der Waals surface area contributed by atoms with Gasteiger partial charge < -0.3 is 10.1 Å². The molecule has 1 heterocycles. The van der Waals surface area contributed by atoms with E-state index in [1.54, 1.807) is 0 Å². The maximum Gasteiger partial charge on any atom is 0.321 e. The SMILES string of the molecule is CC(F)(F)C(=O)NCC1CCOc2ccccc21. The molecule has 1 aromatic carbocycles. The minimum atomic E-state index is -3.33. The molecule has 0 saturated heterocycles. The molecule has 0 spiro atoms. The van der Waals surface area contributed by atoms with Crippen LogP contribution in [0.25, 0.3) is 0 Å². The molecule has 0 bridgehead atoms. The number of amides is 1. The number of para-hydroxylation sites is 1. The lowest BCUT2D eigenvalue weighted by Crippen LogP contribution is -2.40. The number of carbonyl (C=O) groups is 1. The van der Waals surface area contributed by atoms with Crippen LogP contribution in [0.4, 0.5) is 8.78 Å². The van der Waals surface area contributed by atoms with Gasteiger partial charge in [0.1, 0.15) is 5.75 Å². The molecule has 98 valence electrons. The molecular weight excluding hydrogens is 240 g/mol. The van der Waals surface area contributed by atoms with Crippen molar-refractivity contribution in [1.82, 2.24) is 5.32 Å². The average Bonchev–Trinajstić information content (AvgIpc) is 2.34. The first-order valence-electron chi connectivity index (χ1n) is 5.86. The van der Waals surface area contributed by atoms with Gasteiger partial charge in [0.2, 0.25) is 0 Å². The van der Waals surface area contributed by atoms with Crippen LogP contribution < -0.4 is 10.1 Å². The maximum absolute atomic E-state index is 12.7. The summed E-state index contributed by atoms with van der Waals surface area (Å²) in [6.45, 7) is 1.35. The topological polar surface area (TPSA) is 38.3 Å². The molecule has 1 atom stereocenters. The Kier molecular flexibility index (Phi) is 3.50. The van der Waals surface area contributed by atoms with E-state index >= 15 is 0 Å². The lowest BCUT2D eigenvalue weighted by atomic mass is 9.93. The summed E-state index contributed by atoms with van der Waals surface area (Å²) >= 11 is 0. The number of carbonyl (C=O) groups excluding carboxylic acids is 1. The fraction of sp³-hybridized carbons (Fsp3) is 0.462. The molecule has 3 nitrogen and oxygen atoms in total. The zero-order valence-corrected chi connectivity index (χ0v) is 10.1. The molecule has 1 aliphatic rings. The molecule has 18 heavy (non-hydrogen) atoms. The summed E-state index contributed by atoms with van der Waals surface area (Å²) < 4.78 is 30.9. The first-order valence-corrected chi connectivity index (χ1v) is 5.86. The van der Waals surface area contributed by atoms with Crippen molar-refractivity contribution >= 4 is 5.91 Å². The van der Waals surface area contributed by atoms with E-state index in [1.807, 2.05) is 24.3 Å². The van der Waals surface area contributed by atoms with E-state index in [0.717, 1.165) is 11.3 Å². The van der Waals surface area contributed by atoms with Crippen molar-refractivity contribution in [3.63, 3.8) is 0 Å². The number of fused-ring (bicyclic) bond motifs is 1. The summed E-state index contributed by atoms with van der Waals surface area (Å²) in [5.41, 5.74) is 0.962. The van der Waals surface area contributed by atoms with Crippen molar-refractivity contribution in [3.8, 4) is 5.75 Å². The Bertz CT molecular complexity index is 443. The number of benzene rings is 1. The van der Waals surface area contributed by atoms with Gasteiger partial charge in [0, 0.05) is 19.4 Å². The monoisotopic (exact) mass is 255 g/mol. The molecule has 0 aromatic heterocycles. The third-order valence-corrected chi connectivity index (χ3v) is 2.99. The minimum absolute atomic E-state index is 0.0289. The second-order valence-corrected chi connectivity index (χ2v) is 4.47. The highest BCUT2D eigenvalue weighted by Crippen LogP contribution is 2.32. The third kappa shape index (κ3) is 2.78. The van der Waals surface area contributed by atoms with E-state index < -0.39 is 11.8 Å². The summed E-state index contributed by atoms with van der Waals surface area (Å²) in [6.07, 6.45) is 0.715. The maximum atomic E-state index is 12.7. The van der Waals surface area contributed by atoms with Gasteiger partial charge in [-0.1, -0.05) is 18.2 Å². The second kappa shape index (κ2) is 4.92. The Morgan fingerprint density at radius 3 is 2.94 bits per heavy atom. The van der Waals surface area contributed by atoms with Gasteiger partial charge >= 0.3 is 5.92 Å². The van der Waals surface area contributed by atoms with Gasteiger partial charge in [0.25, 0.3) is 5.91 Å². The summed E-state index contributed by atoms with van der Waals surface area (Å²) in [7, 11) is 0. The molecule has 1 aliphatic heterocycles. The summed E-state index contributed by atoms with van der Waals surface area (Å²) in [6, 6.07) is 7.48. The van der Waals surface area contributed by atoms with Crippen molar-refractivity contribution in [2.24, 2.45) is 0 Å². The van der Waals surface area contributed by atoms with Crippen molar-refractivity contribution in [3.05, 3.63) is 29.8 Å². The van der Waals surface area contributed by atoms with Gasteiger partial charge in [-0.3, -0.25) is 4.79 Å². The molecule has 1 unspecified atom stereocenters. The number of hydrogen-bond acceptors (Lipinski definition) is 2. The number of halogens is 2. The normalized spacial score (nSPS) is 18.7.